The average Bonchev–Trinajstić information content (AvgIpc) is 3.24. The maximum Gasteiger partial charge on any atom is 0.0475 e. The first-order chi connectivity index (χ1) is 9.22. The Kier molecular flexibility index (Phi) is 5.41. The van der Waals surface area contributed by atoms with Gasteiger partial charge in [0.15, 0.2) is 0 Å². The van der Waals surface area contributed by atoms with Crippen molar-refractivity contribution in [2.75, 3.05) is 20.1 Å². The van der Waals surface area contributed by atoms with Crippen LogP contribution in [0.3, 0.4) is 0 Å². The van der Waals surface area contributed by atoms with Crippen LogP contribution in [-0.4, -0.2) is 31.1 Å². The van der Waals surface area contributed by atoms with E-state index in [1.165, 1.54) is 31.4 Å². The fourth-order valence-electron chi connectivity index (χ4n) is 2.66. The average molecular weight is 260 g/mol. The number of nitrogens with one attached hydrogen (secondary N) is 1. The molecule has 0 bridgehead atoms. The molecule has 1 fully saturated rings. The third kappa shape index (κ3) is 4.32. The van der Waals surface area contributed by atoms with E-state index in [1.807, 2.05) is 0 Å². The molecule has 19 heavy (non-hydrogen) atoms. The van der Waals surface area contributed by atoms with Gasteiger partial charge in [0, 0.05) is 18.6 Å². The molecular weight excluding hydrogens is 232 g/mol. The van der Waals surface area contributed by atoms with Crippen molar-refractivity contribution in [2.24, 2.45) is 5.92 Å². The fourth-order valence-corrected chi connectivity index (χ4v) is 2.66. The van der Waals surface area contributed by atoms with Crippen LogP contribution in [0.5, 0.6) is 0 Å². The smallest absolute Gasteiger partial charge is 0.0475 e. The molecule has 2 unspecified atom stereocenters. The summed E-state index contributed by atoms with van der Waals surface area (Å²) in [4.78, 5) is 2.53. The number of nitrogens with zero attached hydrogens (tertiary/aromatic N) is 1. The third-order valence-electron chi connectivity index (χ3n) is 4.19. The summed E-state index contributed by atoms with van der Waals surface area (Å²) in [6.45, 7) is 6.91. The van der Waals surface area contributed by atoms with E-state index in [0.717, 1.165) is 12.5 Å². The van der Waals surface area contributed by atoms with Crippen molar-refractivity contribution < 1.29 is 0 Å². The standard InChI is InChI=1S/C17H28N2/c1-4-12-18-17(16-8-6-5-7-9-16)14(2)19(3)13-15-10-11-15/h5-9,14-15,17-18H,4,10-13H2,1-3H3. The predicted octanol–water partition coefficient (Wildman–Crippen LogP) is 3.46. The molecule has 1 aromatic carbocycles. The summed E-state index contributed by atoms with van der Waals surface area (Å²) in [7, 11) is 2.27. The van der Waals surface area contributed by atoms with Crippen LogP contribution in [0.15, 0.2) is 30.3 Å². The number of benzene rings is 1. The van der Waals surface area contributed by atoms with Crippen LogP contribution in [0, 0.1) is 5.92 Å². The summed E-state index contributed by atoms with van der Waals surface area (Å²) in [5.41, 5.74) is 1.41. The molecule has 1 saturated carbocycles. The molecule has 1 aliphatic carbocycles. The zero-order valence-corrected chi connectivity index (χ0v) is 12.6. The minimum Gasteiger partial charge on any atom is -0.309 e. The Bertz CT molecular complexity index is 359. The zero-order valence-electron chi connectivity index (χ0n) is 12.6. The van der Waals surface area contributed by atoms with Gasteiger partial charge in [0.25, 0.3) is 0 Å². The van der Waals surface area contributed by atoms with Gasteiger partial charge in [0.1, 0.15) is 0 Å². The third-order valence-corrected chi connectivity index (χ3v) is 4.19. The summed E-state index contributed by atoms with van der Waals surface area (Å²) in [6, 6.07) is 11.8. The number of likely N-dealkylation sites (N-methyl/N-ethyl adjacent to an activating group) is 1. The number of hydrogen-bond acceptors (Lipinski definition) is 2. The highest BCUT2D eigenvalue weighted by atomic mass is 15.2. The molecule has 1 aromatic rings. The summed E-state index contributed by atoms with van der Waals surface area (Å²) >= 11 is 0. The van der Waals surface area contributed by atoms with E-state index in [9.17, 15) is 0 Å². The molecule has 1 N–H and O–H groups in total. The highest BCUT2D eigenvalue weighted by Gasteiger charge is 2.28. The molecular formula is C17H28N2. The minimum atomic E-state index is 0.435. The van der Waals surface area contributed by atoms with E-state index in [-0.39, 0.29) is 0 Å². The molecule has 0 heterocycles. The predicted molar refractivity (Wildman–Crippen MR) is 82.3 cm³/mol. The second-order valence-corrected chi connectivity index (χ2v) is 5.97. The molecule has 0 amide bonds. The Labute approximate surface area is 118 Å². The van der Waals surface area contributed by atoms with Crippen molar-refractivity contribution in [1.82, 2.24) is 10.2 Å². The van der Waals surface area contributed by atoms with Gasteiger partial charge in [0.05, 0.1) is 0 Å². The molecule has 2 rings (SSSR count). The normalized spacial score (nSPS) is 18.5. The second-order valence-electron chi connectivity index (χ2n) is 5.97. The topological polar surface area (TPSA) is 15.3 Å². The SMILES string of the molecule is CCCNC(c1ccccc1)C(C)N(C)CC1CC1. The van der Waals surface area contributed by atoms with Gasteiger partial charge in [0.2, 0.25) is 0 Å². The Hall–Kier alpha value is -0.860. The first kappa shape index (κ1) is 14.5. The highest BCUT2D eigenvalue weighted by Crippen LogP contribution is 2.31. The lowest BCUT2D eigenvalue weighted by molar-refractivity contribution is 0.199. The summed E-state index contributed by atoms with van der Waals surface area (Å²) in [5.74, 6) is 0.954. The van der Waals surface area contributed by atoms with Gasteiger partial charge in [-0.05, 0) is 51.3 Å². The monoisotopic (exact) mass is 260 g/mol. The van der Waals surface area contributed by atoms with E-state index in [0.29, 0.717) is 12.1 Å². The first-order valence-corrected chi connectivity index (χ1v) is 7.71. The molecule has 0 saturated heterocycles. The van der Waals surface area contributed by atoms with Crippen LogP contribution in [0.2, 0.25) is 0 Å². The van der Waals surface area contributed by atoms with Gasteiger partial charge in [-0.15, -0.1) is 0 Å². The van der Waals surface area contributed by atoms with Crippen molar-refractivity contribution in [3.8, 4) is 0 Å². The van der Waals surface area contributed by atoms with Crippen LogP contribution in [0.25, 0.3) is 0 Å². The van der Waals surface area contributed by atoms with Crippen molar-refractivity contribution in [3.05, 3.63) is 35.9 Å². The molecule has 0 aromatic heterocycles. The summed E-state index contributed by atoms with van der Waals surface area (Å²) in [6.07, 6.45) is 4.04. The van der Waals surface area contributed by atoms with E-state index in [4.69, 9.17) is 0 Å². The van der Waals surface area contributed by atoms with Gasteiger partial charge in [-0.3, -0.25) is 0 Å². The van der Waals surface area contributed by atoms with Gasteiger partial charge in [-0.2, -0.15) is 0 Å². The lowest BCUT2D eigenvalue weighted by Crippen LogP contribution is -2.42. The van der Waals surface area contributed by atoms with E-state index < -0.39 is 0 Å². The van der Waals surface area contributed by atoms with Crippen molar-refractivity contribution >= 4 is 0 Å². The molecule has 2 nitrogen and oxygen atoms in total. The number of rotatable bonds is 8. The Balaban J connectivity index is 2.02. The van der Waals surface area contributed by atoms with Crippen LogP contribution >= 0.6 is 0 Å². The van der Waals surface area contributed by atoms with Gasteiger partial charge in [-0.1, -0.05) is 37.3 Å². The summed E-state index contributed by atoms with van der Waals surface area (Å²) in [5, 5.41) is 3.72. The fraction of sp³-hybridized carbons (Fsp3) is 0.647. The van der Waals surface area contributed by atoms with Crippen molar-refractivity contribution in [2.45, 2.75) is 45.2 Å². The number of hydrogen-bond donors (Lipinski definition) is 1. The maximum atomic E-state index is 3.72. The maximum absolute atomic E-state index is 3.72. The van der Waals surface area contributed by atoms with E-state index in [1.54, 1.807) is 0 Å². The van der Waals surface area contributed by atoms with Crippen molar-refractivity contribution in [1.29, 1.82) is 0 Å². The largest absolute Gasteiger partial charge is 0.309 e. The lowest BCUT2D eigenvalue weighted by atomic mass is 9.99. The van der Waals surface area contributed by atoms with Crippen molar-refractivity contribution in [3.63, 3.8) is 0 Å². The molecule has 106 valence electrons. The van der Waals surface area contributed by atoms with Crippen LogP contribution in [0.4, 0.5) is 0 Å². The minimum absolute atomic E-state index is 0.435. The molecule has 0 spiro atoms. The Morgan fingerprint density at radius 3 is 2.53 bits per heavy atom. The molecule has 0 radical (unpaired) electrons. The van der Waals surface area contributed by atoms with Crippen LogP contribution < -0.4 is 5.32 Å². The Morgan fingerprint density at radius 2 is 1.95 bits per heavy atom. The lowest BCUT2D eigenvalue weighted by Gasteiger charge is -2.33. The van der Waals surface area contributed by atoms with Gasteiger partial charge < -0.3 is 10.2 Å². The molecule has 2 atom stereocenters. The highest BCUT2D eigenvalue weighted by molar-refractivity contribution is 5.20. The van der Waals surface area contributed by atoms with Crippen LogP contribution in [0.1, 0.15) is 44.7 Å². The first-order valence-electron chi connectivity index (χ1n) is 7.71. The quantitative estimate of drug-likeness (QED) is 0.770. The second kappa shape index (κ2) is 7.06. The van der Waals surface area contributed by atoms with Gasteiger partial charge >= 0.3 is 0 Å². The Morgan fingerprint density at radius 1 is 1.26 bits per heavy atom. The molecule has 2 heteroatoms. The zero-order chi connectivity index (χ0) is 13.7. The van der Waals surface area contributed by atoms with Gasteiger partial charge in [-0.25, -0.2) is 0 Å². The molecule has 1 aliphatic rings. The van der Waals surface area contributed by atoms with E-state index >= 15 is 0 Å². The van der Waals surface area contributed by atoms with Crippen LogP contribution in [-0.2, 0) is 0 Å². The molecule has 0 aliphatic heterocycles. The summed E-state index contributed by atoms with van der Waals surface area (Å²) < 4.78 is 0. The van der Waals surface area contributed by atoms with E-state index in [2.05, 4.69) is 61.4 Å².